The molecule has 1 aliphatic heterocycles. The molecule has 0 aromatic heterocycles. The fraction of sp³-hybridized carbons (Fsp3) is 0.500. The van der Waals surface area contributed by atoms with E-state index < -0.39 is 18.6 Å². The van der Waals surface area contributed by atoms with E-state index in [9.17, 15) is 14.4 Å². The number of anilines is 1. The Bertz CT molecular complexity index is 689. The lowest BCUT2D eigenvalue weighted by atomic mass is 10.1. The molecule has 0 radical (unpaired) electrons. The SMILES string of the molecule is Cc1cc(OCC(=O)O)ccc1NC(=O)[C@@H]1CCCN1C(=O)NC(C)C. The zero-order valence-electron chi connectivity index (χ0n) is 15.2. The van der Waals surface area contributed by atoms with Crippen molar-refractivity contribution < 1.29 is 24.2 Å². The van der Waals surface area contributed by atoms with Crippen molar-refractivity contribution in [1.29, 1.82) is 0 Å². The van der Waals surface area contributed by atoms with E-state index in [4.69, 9.17) is 9.84 Å². The Balaban J connectivity index is 2.02. The van der Waals surface area contributed by atoms with Crippen molar-refractivity contribution >= 4 is 23.6 Å². The summed E-state index contributed by atoms with van der Waals surface area (Å²) in [6.45, 7) is 5.67. The summed E-state index contributed by atoms with van der Waals surface area (Å²) in [7, 11) is 0. The Labute approximate surface area is 152 Å². The summed E-state index contributed by atoms with van der Waals surface area (Å²) in [6.07, 6.45) is 1.40. The van der Waals surface area contributed by atoms with Crippen LogP contribution in [-0.4, -0.2) is 53.1 Å². The van der Waals surface area contributed by atoms with Crippen molar-refractivity contribution in [3.05, 3.63) is 23.8 Å². The van der Waals surface area contributed by atoms with Gasteiger partial charge in [-0.1, -0.05) is 0 Å². The second-order valence-electron chi connectivity index (χ2n) is 6.60. The third kappa shape index (κ3) is 5.11. The number of aryl methyl sites for hydroxylation is 1. The highest BCUT2D eigenvalue weighted by atomic mass is 16.5. The minimum Gasteiger partial charge on any atom is -0.482 e. The molecule has 0 aliphatic carbocycles. The van der Waals surface area contributed by atoms with Crippen molar-refractivity contribution in [1.82, 2.24) is 10.2 Å². The molecule has 1 fully saturated rings. The molecule has 1 atom stereocenters. The second kappa shape index (κ2) is 8.55. The second-order valence-corrected chi connectivity index (χ2v) is 6.60. The number of aliphatic carboxylic acids is 1. The maximum absolute atomic E-state index is 12.6. The van der Waals surface area contributed by atoms with E-state index in [1.54, 1.807) is 30.0 Å². The van der Waals surface area contributed by atoms with Gasteiger partial charge >= 0.3 is 12.0 Å². The van der Waals surface area contributed by atoms with E-state index in [0.29, 0.717) is 24.4 Å². The first-order valence-corrected chi connectivity index (χ1v) is 8.61. The molecule has 1 heterocycles. The van der Waals surface area contributed by atoms with Gasteiger partial charge in [-0.15, -0.1) is 0 Å². The fourth-order valence-corrected chi connectivity index (χ4v) is 2.84. The van der Waals surface area contributed by atoms with E-state index in [1.165, 1.54) is 0 Å². The third-order valence-corrected chi connectivity index (χ3v) is 4.05. The molecule has 1 aromatic rings. The Morgan fingerprint density at radius 3 is 2.69 bits per heavy atom. The van der Waals surface area contributed by atoms with Gasteiger partial charge in [0.1, 0.15) is 11.8 Å². The Morgan fingerprint density at radius 2 is 2.08 bits per heavy atom. The number of hydrogen-bond donors (Lipinski definition) is 3. The van der Waals surface area contributed by atoms with Gasteiger partial charge in [0.05, 0.1) is 0 Å². The van der Waals surface area contributed by atoms with Crippen molar-refractivity contribution in [3.63, 3.8) is 0 Å². The number of urea groups is 1. The summed E-state index contributed by atoms with van der Waals surface area (Å²) >= 11 is 0. The molecule has 8 nitrogen and oxygen atoms in total. The van der Waals surface area contributed by atoms with Crippen molar-refractivity contribution in [3.8, 4) is 5.75 Å². The molecule has 1 saturated heterocycles. The van der Waals surface area contributed by atoms with E-state index in [1.807, 2.05) is 13.8 Å². The summed E-state index contributed by atoms with van der Waals surface area (Å²) in [6, 6.07) is 4.20. The number of amides is 3. The van der Waals surface area contributed by atoms with E-state index >= 15 is 0 Å². The number of nitrogens with zero attached hydrogens (tertiary/aromatic N) is 1. The van der Waals surface area contributed by atoms with Gasteiger partial charge < -0.3 is 25.4 Å². The maximum Gasteiger partial charge on any atom is 0.341 e. The van der Waals surface area contributed by atoms with Crippen molar-refractivity contribution in [2.24, 2.45) is 0 Å². The zero-order chi connectivity index (χ0) is 19.3. The minimum absolute atomic E-state index is 0.00685. The zero-order valence-corrected chi connectivity index (χ0v) is 15.2. The van der Waals surface area contributed by atoms with Gasteiger partial charge in [-0.25, -0.2) is 9.59 Å². The molecule has 0 spiro atoms. The molecule has 2 rings (SSSR count). The number of carbonyl (C=O) groups excluding carboxylic acids is 2. The Hall–Kier alpha value is -2.77. The van der Waals surface area contributed by atoms with Crippen LogP contribution in [0.4, 0.5) is 10.5 Å². The van der Waals surface area contributed by atoms with E-state index in [-0.39, 0.29) is 18.0 Å². The smallest absolute Gasteiger partial charge is 0.341 e. The molecular formula is C18H25N3O5. The van der Waals surface area contributed by atoms with Crippen LogP contribution in [0.3, 0.4) is 0 Å². The molecular weight excluding hydrogens is 338 g/mol. The first kappa shape index (κ1) is 19.6. The number of nitrogens with one attached hydrogen (secondary N) is 2. The molecule has 3 amide bonds. The number of carboxylic acid groups (broad SMARTS) is 1. The van der Waals surface area contributed by atoms with Crippen LogP contribution in [0.1, 0.15) is 32.3 Å². The summed E-state index contributed by atoms with van der Waals surface area (Å²) in [5.41, 5.74) is 1.35. The van der Waals surface area contributed by atoms with Gasteiger partial charge in [0.2, 0.25) is 5.91 Å². The van der Waals surface area contributed by atoms with Gasteiger partial charge in [-0.3, -0.25) is 4.79 Å². The number of carbonyl (C=O) groups is 3. The number of hydrogen-bond acceptors (Lipinski definition) is 4. The fourth-order valence-electron chi connectivity index (χ4n) is 2.84. The monoisotopic (exact) mass is 363 g/mol. The van der Waals surface area contributed by atoms with E-state index in [2.05, 4.69) is 10.6 Å². The lowest BCUT2D eigenvalue weighted by Gasteiger charge is -2.25. The lowest BCUT2D eigenvalue weighted by molar-refractivity contribution is -0.139. The quantitative estimate of drug-likeness (QED) is 0.716. The molecule has 26 heavy (non-hydrogen) atoms. The highest BCUT2D eigenvalue weighted by Gasteiger charge is 2.34. The third-order valence-electron chi connectivity index (χ3n) is 4.05. The van der Waals surface area contributed by atoms with Crippen LogP contribution in [-0.2, 0) is 9.59 Å². The minimum atomic E-state index is -1.05. The molecule has 0 unspecified atom stereocenters. The van der Waals surface area contributed by atoms with Crippen LogP contribution in [0.2, 0.25) is 0 Å². The van der Waals surface area contributed by atoms with Crippen molar-refractivity contribution in [2.75, 3.05) is 18.5 Å². The summed E-state index contributed by atoms with van der Waals surface area (Å²) in [5, 5.41) is 14.3. The highest BCUT2D eigenvalue weighted by molar-refractivity contribution is 5.98. The molecule has 1 aliphatic rings. The average molecular weight is 363 g/mol. The topological polar surface area (TPSA) is 108 Å². The lowest BCUT2D eigenvalue weighted by Crippen LogP contribution is -2.49. The Morgan fingerprint density at radius 1 is 1.35 bits per heavy atom. The predicted molar refractivity (Wildman–Crippen MR) is 96.3 cm³/mol. The van der Waals surface area contributed by atoms with Crippen LogP contribution < -0.4 is 15.4 Å². The van der Waals surface area contributed by atoms with Crippen LogP contribution >= 0.6 is 0 Å². The Kier molecular flexibility index (Phi) is 6.43. The maximum atomic E-state index is 12.6. The van der Waals surface area contributed by atoms with Gasteiger partial charge in [-0.05, 0) is 57.4 Å². The summed E-state index contributed by atoms with van der Waals surface area (Å²) in [5.74, 6) is -0.869. The molecule has 0 saturated carbocycles. The summed E-state index contributed by atoms with van der Waals surface area (Å²) in [4.78, 5) is 37.0. The molecule has 0 bridgehead atoms. The standard InChI is InChI=1S/C18H25N3O5/c1-11(2)19-18(25)21-8-4-5-15(21)17(24)20-14-7-6-13(9-12(14)3)26-10-16(22)23/h6-7,9,11,15H,4-5,8,10H2,1-3H3,(H,19,25)(H,20,24)(H,22,23)/t15-/m0/s1. The molecule has 1 aromatic carbocycles. The number of rotatable bonds is 6. The predicted octanol–water partition coefficient (Wildman–Crippen LogP) is 1.98. The molecule has 8 heteroatoms. The van der Waals surface area contributed by atoms with Crippen LogP contribution in [0.5, 0.6) is 5.75 Å². The number of likely N-dealkylation sites (tertiary alicyclic amines) is 1. The van der Waals surface area contributed by atoms with Crippen LogP contribution in [0, 0.1) is 6.92 Å². The van der Waals surface area contributed by atoms with Crippen LogP contribution in [0.15, 0.2) is 18.2 Å². The van der Waals surface area contributed by atoms with Crippen LogP contribution in [0.25, 0.3) is 0 Å². The first-order valence-electron chi connectivity index (χ1n) is 8.61. The largest absolute Gasteiger partial charge is 0.482 e. The number of carboxylic acids is 1. The van der Waals surface area contributed by atoms with Gasteiger partial charge in [0.25, 0.3) is 0 Å². The van der Waals surface area contributed by atoms with Gasteiger partial charge in [0.15, 0.2) is 6.61 Å². The molecule has 142 valence electrons. The highest BCUT2D eigenvalue weighted by Crippen LogP contribution is 2.24. The number of ether oxygens (including phenoxy) is 1. The average Bonchev–Trinajstić information content (AvgIpc) is 3.04. The summed E-state index contributed by atoms with van der Waals surface area (Å²) < 4.78 is 5.12. The molecule has 3 N–H and O–H groups in total. The van der Waals surface area contributed by atoms with Gasteiger partial charge in [-0.2, -0.15) is 0 Å². The van der Waals surface area contributed by atoms with Crippen molar-refractivity contribution in [2.45, 2.75) is 45.7 Å². The number of benzene rings is 1. The van der Waals surface area contributed by atoms with E-state index in [0.717, 1.165) is 12.0 Å². The normalized spacial score (nSPS) is 16.5. The van der Waals surface area contributed by atoms with Gasteiger partial charge in [0, 0.05) is 18.3 Å². The first-order chi connectivity index (χ1) is 12.3.